The van der Waals surface area contributed by atoms with Crippen molar-refractivity contribution in [3.8, 4) is 0 Å². The van der Waals surface area contributed by atoms with Crippen LogP contribution in [0.25, 0.3) is 0 Å². The maximum absolute atomic E-state index is 7.94. The van der Waals surface area contributed by atoms with Gasteiger partial charge in [0.05, 0.1) is 0 Å². The van der Waals surface area contributed by atoms with Crippen molar-refractivity contribution < 1.29 is 24.8 Å². The lowest BCUT2D eigenvalue weighted by Gasteiger charge is -2.01. The van der Waals surface area contributed by atoms with E-state index in [2.05, 4.69) is 14.6 Å². The predicted molar refractivity (Wildman–Crippen MR) is 23.7 cm³/mol. The van der Waals surface area contributed by atoms with Crippen LogP contribution < -0.4 is 11.3 Å². The van der Waals surface area contributed by atoms with Crippen molar-refractivity contribution in [2.75, 3.05) is 13.6 Å². The molecule has 56 valence electrons. The van der Waals surface area contributed by atoms with Crippen LogP contribution in [-0.2, 0) is 14.6 Å². The molecule has 0 spiro atoms. The molecular formula is C2H8N2O5. The van der Waals surface area contributed by atoms with Gasteiger partial charge in [0.1, 0.15) is 0 Å². The average Bonchev–Trinajstić information content (AvgIpc) is 1.89. The molecule has 7 nitrogen and oxygen atoms in total. The highest BCUT2D eigenvalue weighted by molar-refractivity contribution is 3.77. The third-order valence-corrected chi connectivity index (χ3v) is 0.330. The van der Waals surface area contributed by atoms with Gasteiger partial charge in [0.25, 0.3) is 0 Å². The molecule has 0 radical (unpaired) electrons. The fourth-order valence-electron chi connectivity index (χ4n) is 0.129. The van der Waals surface area contributed by atoms with Crippen molar-refractivity contribution in [3.63, 3.8) is 0 Å². The number of rotatable bonds is 6. The summed E-state index contributed by atoms with van der Waals surface area (Å²) in [7, 11) is 0. The Balaban J connectivity index is 2.60. The van der Waals surface area contributed by atoms with Gasteiger partial charge in [-0.2, -0.15) is 4.94 Å². The van der Waals surface area contributed by atoms with Gasteiger partial charge in [0.2, 0.25) is 0 Å². The van der Waals surface area contributed by atoms with Crippen molar-refractivity contribution >= 4 is 0 Å². The first-order chi connectivity index (χ1) is 4.41. The van der Waals surface area contributed by atoms with Gasteiger partial charge in [-0.05, 0) is 0 Å². The third-order valence-electron chi connectivity index (χ3n) is 0.330. The molecule has 0 heterocycles. The highest BCUT2D eigenvalue weighted by Gasteiger charge is 1.81. The van der Waals surface area contributed by atoms with E-state index in [0.29, 0.717) is 0 Å². The molecule has 4 N–H and O–H groups in total. The normalized spacial score (nSPS) is 10.0. The lowest BCUT2D eigenvalue weighted by atomic mass is 11.5. The Morgan fingerprint density at radius 2 is 1.44 bits per heavy atom. The minimum atomic E-state index is -0.527. The van der Waals surface area contributed by atoms with E-state index in [9.17, 15) is 0 Å². The molecule has 0 saturated heterocycles. The molecule has 0 unspecified atom stereocenters. The van der Waals surface area contributed by atoms with Gasteiger partial charge in [0, 0.05) is 0 Å². The van der Waals surface area contributed by atoms with E-state index in [0.717, 1.165) is 0 Å². The summed E-state index contributed by atoms with van der Waals surface area (Å²) in [6.45, 7) is -1.05. The quantitative estimate of drug-likeness (QED) is 0.188. The molecule has 0 aliphatic carbocycles. The lowest BCUT2D eigenvalue weighted by molar-refractivity contribution is -0.314. The molecule has 0 aliphatic heterocycles. The molecule has 0 aromatic rings. The predicted octanol–water partition coefficient (Wildman–Crippen LogP) is -2.22. The summed E-state index contributed by atoms with van der Waals surface area (Å²) in [5.74, 6) is 0. The molecule has 0 amide bonds. The maximum Gasteiger partial charge on any atom is 0.166 e. The highest BCUT2D eigenvalue weighted by Crippen LogP contribution is 1.61. The maximum atomic E-state index is 7.94. The Labute approximate surface area is 50.9 Å². The number of hydrogen-bond donors (Lipinski definition) is 4. The summed E-state index contributed by atoms with van der Waals surface area (Å²) in [5.41, 5.74) is 3.55. The standard InChI is InChI=1S/C2H8N2O5/c5-1-7-3-9-4-8-2-6/h3-6H,1-2H2. The van der Waals surface area contributed by atoms with Gasteiger partial charge in [0.15, 0.2) is 13.6 Å². The van der Waals surface area contributed by atoms with Crippen molar-refractivity contribution in [2.45, 2.75) is 0 Å². The third kappa shape index (κ3) is 7.72. The van der Waals surface area contributed by atoms with Crippen LogP contribution in [0.2, 0.25) is 0 Å². The molecule has 0 aromatic carbocycles. The molecule has 0 atom stereocenters. The molecular weight excluding hydrogens is 132 g/mol. The topological polar surface area (TPSA) is 92.2 Å². The lowest BCUT2D eigenvalue weighted by Crippen LogP contribution is -2.26. The van der Waals surface area contributed by atoms with Gasteiger partial charge in [-0.25, -0.2) is 9.68 Å². The van der Waals surface area contributed by atoms with Crippen LogP contribution in [0.5, 0.6) is 0 Å². The van der Waals surface area contributed by atoms with E-state index >= 15 is 0 Å². The molecule has 0 bridgehead atoms. The Morgan fingerprint density at radius 1 is 1.00 bits per heavy atom. The van der Waals surface area contributed by atoms with Gasteiger partial charge in [-0.15, -0.1) is 0 Å². The summed E-state index contributed by atoms with van der Waals surface area (Å²) in [6, 6.07) is 0. The fraction of sp³-hybridized carbons (Fsp3) is 1.00. The van der Waals surface area contributed by atoms with Crippen LogP contribution in [0.15, 0.2) is 0 Å². The van der Waals surface area contributed by atoms with E-state index in [-0.39, 0.29) is 0 Å². The van der Waals surface area contributed by atoms with Crippen LogP contribution in [0.3, 0.4) is 0 Å². The van der Waals surface area contributed by atoms with Crippen molar-refractivity contribution in [2.24, 2.45) is 0 Å². The zero-order valence-electron chi connectivity index (χ0n) is 4.53. The second-order valence-electron chi connectivity index (χ2n) is 0.816. The fourth-order valence-corrected chi connectivity index (χ4v) is 0.129. The second-order valence-corrected chi connectivity index (χ2v) is 0.816. The van der Waals surface area contributed by atoms with Gasteiger partial charge >= 0.3 is 0 Å². The summed E-state index contributed by atoms with van der Waals surface area (Å²) < 4.78 is 0. The van der Waals surface area contributed by atoms with Crippen molar-refractivity contribution in [1.29, 1.82) is 0 Å². The highest BCUT2D eigenvalue weighted by atomic mass is 17.1. The molecule has 0 saturated carbocycles. The summed E-state index contributed by atoms with van der Waals surface area (Å²) >= 11 is 0. The van der Waals surface area contributed by atoms with Crippen LogP contribution in [0.1, 0.15) is 0 Å². The molecule has 0 aromatic heterocycles. The Morgan fingerprint density at radius 3 is 1.78 bits per heavy atom. The number of nitrogens with one attached hydrogen (secondary N) is 2. The summed E-state index contributed by atoms with van der Waals surface area (Å²) in [6.07, 6.45) is 0. The van der Waals surface area contributed by atoms with Crippen LogP contribution in [0.4, 0.5) is 0 Å². The average molecular weight is 140 g/mol. The van der Waals surface area contributed by atoms with Gasteiger partial charge in [-0.3, -0.25) is 0 Å². The summed E-state index contributed by atoms with van der Waals surface area (Å²) in [5, 5.41) is 15.9. The monoisotopic (exact) mass is 140 g/mol. The largest absolute Gasteiger partial charge is 0.369 e. The number of hydrogen-bond acceptors (Lipinski definition) is 7. The zero-order chi connectivity index (χ0) is 6.95. The van der Waals surface area contributed by atoms with Crippen LogP contribution >= 0.6 is 0 Å². The molecule has 0 fully saturated rings. The molecule has 9 heavy (non-hydrogen) atoms. The SMILES string of the molecule is OCONONOCO. The number of aliphatic hydroxyl groups is 2. The molecule has 7 heteroatoms. The van der Waals surface area contributed by atoms with Crippen LogP contribution in [-0.4, -0.2) is 23.8 Å². The Hall–Kier alpha value is -0.280. The first-order valence-electron chi connectivity index (χ1n) is 2.03. The van der Waals surface area contributed by atoms with E-state index in [1.54, 1.807) is 11.3 Å². The second kappa shape index (κ2) is 7.72. The van der Waals surface area contributed by atoms with E-state index in [1.165, 1.54) is 0 Å². The van der Waals surface area contributed by atoms with Gasteiger partial charge in [-0.1, -0.05) is 11.3 Å². The minimum absolute atomic E-state index is 0.527. The Kier molecular flexibility index (Phi) is 7.48. The van der Waals surface area contributed by atoms with Crippen molar-refractivity contribution in [3.05, 3.63) is 0 Å². The first kappa shape index (κ1) is 8.72. The van der Waals surface area contributed by atoms with Crippen molar-refractivity contribution in [1.82, 2.24) is 11.3 Å². The molecule has 0 rings (SSSR count). The Bertz CT molecular complexity index is 46.2. The summed E-state index contributed by atoms with van der Waals surface area (Å²) in [4.78, 5) is 12.1. The van der Waals surface area contributed by atoms with Gasteiger partial charge < -0.3 is 10.2 Å². The van der Waals surface area contributed by atoms with E-state index < -0.39 is 13.6 Å². The van der Waals surface area contributed by atoms with E-state index in [4.69, 9.17) is 10.2 Å². The first-order valence-corrected chi connectivity index (χ1v) is 2.03. The minimum Gasteiger partial charge on any atom is -0.369 e. The number of aliphatic hydroxyl groups excluding tert-OH is 2. The molecule has 0 aliphatic rings. The van der Waals surface area contributed by atoms with Crippen LogP contribution in [0, 0.1) is 0 Å². The zero-order valence-corrected chi connectivity index (χ0v) is 4.53. The van der Waals surface area contributed by atoms with E-state index in [1.807, 2.05) is 0 Å². The smallest absolute Gasteiger partial charge is 0.166 e.